The second kappa shape index (κ2) is 7.20. The van der Waals surface area contributed by atoms with E-state index in [1.165, 1.54) is 4.70 Å². The highest BCUT2D eigenvalue weighted by molar-refractivity contribution is 7.18. The van der Waals surface area contributed by atoms with E-state index in [-0.39, 0.29) is 6.04 Å². The summed E-state index contributed by atoms with van der Waals surface area (Å²) in [6.45, 7) is 2.95. The van der Waals surface area contributed by atoms with E-state index in [1.54, 1.807) is 25.6 Å². The monoisotopic (exact) mass is 342 g/mol. The van der Waals surface area contributed by atoms with Crippen LogP contribution in [-0.2, 0) is 6.54 Å². The van der Waals surface area contributed by atoms with Gasteiger partial charge in [0.15, 0.2) is 0 Å². The Labute approximate surface area is 146 Å². The topological polar surface area (TPSA) is 34.6 Å². The first-order valence-electron chi connectivity index (χ1n) is 7.89. The molecule has 0 aliphatic rings. The Morgan fingerprint density at radius 2 is 1.92 bits per heavy atom. The number of methoxy groups -OCH3 is 2. The number of fused-ring (bicyclic) bond motifs is 1. The normalized spacial score (nSPS) is 12.5. The molecule has 3 rings (SSSR count). The Hall–Kier alpha value is -2.11. The summed E-state index contributed by atoms with van der Waals surface area (Å²) in [5, 5.41) is 1.13. The van der Waals surface area contributed by atoms with E-state index < -0.39 is 0 Å². The van der Waals surface area contributed by atoms with Crippen molar-refractivity contribution in [1.29, 1.82) is 0 Å². The van der Waals surface area contributed by atoms with Gasteiger partial charge < -0.3 is 9.47 Å². The van der Waals surface area contributed by atoms with Crippen LogP contribution in [0.3, 0.4) is 0 Å². The van der Waals surface area contributed by atoms with Gasteiger partial charge in [0.2, 0.25) is 0 Å². The van der Waals surface area contributed by atoms with Gasteiger partial charge in [-0.25, -0.2) is 4.98 Å². The highest BCUT2D eigenvalue weighted by atomic mass is 32.1. The second-order valence-corrected chi connectivity index (χ2v) is 6.85. The first-order chi connectivity index (χ1) is 11.6. The third kappa shape index (κ3) is 3.37. The summed E-state index contributed by atoms with van der Waals surface area (Å²) in [4.78, 5) is 7.05. The van der Waals surface area contributed by atoms with Crippen molar-refractivity contribution in [1.82, 2.24) is 9.88 Å². The van der Waals surface area contributed by atoms with Gasteiger partial charge >= 0.3 is 0 Å². The van der Waals surface area contributed by atoms with Gasteiger partial charge in [-0.05, 0) is 44.3 Å². The molecule has 0 radical (unpaired) electrons. The highest BCUT2D eigenvalue weighted by Crippen LogP contribution is 2.31. The highest BCUT2D eigenvalue weighted by Gasteiger charge is 2.18. The molecule has 0 aliphatic carbocycles. The predicted octanol–water partition coefficient (Wildman–Crippen LogP) is 4.51. The largest absolute Gasteiger partial charge is 0.497 e. The van der Waals surface area contributed by atoms with Crippen molar-refractivity contribution in [3.63, 3.8) is 0 Å². The summed E-state index contributed by atoms with van der Waals surface area (Å²) in [5.74, 6) is 1.71. The molecule has 0 spiro atoms. The molecule has 126 valence electrons. The quantitative estimate of drug-likeness (QED) is 0.660. The molecule has 0 unspecified atom stereocenters. The number of hydrogen-bond donors (Lipinski definition) is 0. The molecular weight excluding hydrogens is 320 g/mol. The van der Waals surface area contributed by atoms with E-state index in [0.29, 0.717) is 0 Å². The van der Waals surface area contributed by atoms with Crippen LogP contribution in [0.25, 0.3) is 10.2 Å². The third-order valence-corrected chi connectivity index (χ3v) is 5.44. The minimum absolute atomic E-state index is 0.221. The van der Waals surface area contributed by atoms with Crippen LogP contribution in [0.5, 0.6) is 11.5 Å². The number of aromatic nitrogens is 1. The van der Waals surface area contributed by atoms with Crippen LogP contribution in [0.4, 0.5) is 0 Å². The first kappa shape index (κ1) is 16.7. The van der Waals surface area contributed by atoms with Gasteiger partial charge in [0.05, 0.1) is 30.5 Å². The molecule has 1 atom stereocenters. The molecule has 1 heterocycles. The van der Waals surface area contributed by atoms with Crippen LogP contribution in [0.15, 0.2) is 42.5 Å². The van der Waals surface area contributed by atoms with Crippen LogP contribution in [0.1, 0.15) is 23.5 Å². The standard InChI is InChI=1S/C19H22N2O2S/c1-13(19-20-16-7-5-6-8-18(16)24-19)21(2)12-14-11-15(22-3)9-10-17(14)23-4/h5-11,13H,12H2,1-4H3/t13-/m1/s1. The molecule has 0 saturated carbocycles. The number of hydrogen-bond acceptors (Lipinski definition) is 5. The summed E-state index contributed by atoms with van der Waals surface area (Å²) in [5.41, 5.74) is 2.17. The maximum atomic E-state index is 5.48. The van der Waals surface area contributed by atoms with Crippen molar-refractivity contribution < 1.29 is 9.47 Å². The number of benzene rings is 2. The Bertz CT molecular complexity index is 798. The van der Waals surface area contributed by atoms with E-state index in [0.717, 1.165) is 34.1 Å². The maximum absolute atomic E-state index is 5.48. The zero-order valence-corrected chi connectivity index (χ0v) is 15.3. The average molecular weight is 342 g/mol. The van der Waals surface area contributed by atoms with Crippen molar-refractivity contribution in [2.45, 2.75) is 19.5 Å². The SMILES string of the molecule is COc1ccc(OC)c(CN(C)[C@H](C)c2nc3ccccc3s2)c1. The van der Waals surface area contributed by atoms with Gasteiger partial charge in [0.1, 0.15) is 16.5 Å². The molecule has 3 aromatic rings. The van der Waals surface area contributed by atoms with E-state index >= 15 is 0 Å². The Balaban J connectivity index is 1.82. The number of rotatable bonds is 6. The number of para-hydroxylation sites is 1. The van der Waals surface area contributed by atoms with Crippen LogP contribution in [0.2, 0.25) is 0 Å². The third-order valence-electron chi connectivity index (χ3n) is 4.24. The van der Waals surface area contributed by atoms with Crippen LogP contribution < -0.4 is 9.47 Å². The lowest BCUT2D eigenvalue weighted by molar-refractivity contribution is 0.248. The minimum Gasteiger partial charge on any atom is -0.497 e. The summed E-state index contributed by atoms with van der Waals surface area (Å²) in [6, 6.07) is 14.4. The molecular formula is C19H22N2O2S. The van der Waals surface area contributed by atoms with Gasteiger partial charge in [-0.2, -0.15) is 0 Å². The van der Waals surface area contributed by atoms with Gasteiger partial charge in [-0.3, -0.25) is 4.90 Å². The predicted molar refractivity (Wildman–Crippen MR) is 99.0 cm³/mol. The average Bonchev–Trinajstić information content (AvgIpc) is 3.05. The fourth-order valence-corrected chi connectivity index (χ4v) is 3.75. The van der Waals surface area contributed by atoms with Crippen LogP contribution >= 0.6 is 11.3 Å². The summed E-state index contributed by atoms with van der Waals surface area (Å²) >= 11 is 1.75. The molecule has 0 amide bonds. The Kier molecular flexibility index (Phi) is 5.02. The Morgan fingerprint density at radius 3 is 2.62 bits per heavy atom. The fourth-order valence-electron chi connectivity index (χ4n) is 2.67. The van der Waals surface area contributed by atoms with Crippen LogP contribution in [0, 0.1) is 0 Å². The molecule has 2 aromatic carbocycles. The van der Waals surface area contributed by atoms with Crippen molar-refractivity contribution >= 4 is 21.6 Å². The molecule has 0 fully saturated rings. The van der Waals surface area contributed by atoms with E-state index in [1.807, 2.05) is 24.3 Å². The number of thiazole rings is 1. The molecule has 0 saturated heterocycles. The minimum atomic E-state index is 0.221. The molecule has 0 aliphatic heterocycles. The van der Waals surface area contributed by atoms with Crippen molar-refractivity contribution in [3.8, 4) is 11.5 Å². The molecule has 0 N–H and O–H groups in total. The van der Waals surface area contributed by atoms with E-state index in [2.05, 4.69) is 37.1 Å². The zero-order valence-electron chi connectivity index (χ0n) is 14.4. The molecule has 0 bridgehead atoms. The lowest BCUT2D eigenvalue weighted by atomic mass is 10.1. The number of ether oxygens (including phenoxy) is 2. The summed E-state index contributed by atoms with van der Waals surface area (Å²) < 4.78 is 12.0. The van der Waals surface area contributed by atoms with Gasteiger partial charge in [-0.15, -0.1) is 11.3 Å². The second-order valence-electron chi connectivity index (χ2n) is 5.79. The van der Waals surface area contributed by atoms with E-state index in [4.69, 9.17) is 14.5 Å². The molecule has 5 heteroatoms. The van der Waals surface area contributed by atoms with Crippen LogP contribution in [-0.4, -0.2) is 31.2 Å². The summed E-state index contributed by atoms with van der Waals surface area (Å²) in [6.07, 6.45) is 0. The molecule has 4 nitrogen and oxygen atoms in total. The zero-order chi connectivity index (χ0) is 17.1. The lowest BCUT2D eigenvalue weighted by Crippen LogP contribution is -2.22. The molecule has 1 aromatic heterocycles. The van der Waals surface area contributed by atoms with Gasteiger partial charge in [-0.1, -0.05) is 12.1 Å². The number of nitrogens with zero attached hydrogens (tertiary/aromatic N) is 2. The summed E-state index contributed by atoms with van der Waals surface area (Å²) in [7, 11) is 5.48. The Morgan fingerprint density at radius 1 is 1.12 bits per heavy atom. The molecule has 24 heavy (non-hydrogen) atoms. The first-order valence-corrected chi connectivity index (χ1v) is 8.70. The van der Waals surface area contributed by atoms with Gasteiger partial charge in [0.25, 0.3) is 0 Å². The van der Waals surface area contributed by atoms with Crippen molar-refractivity contribution in [3.05, 3.63) is 53.0 Å². The smallest absolute Gasteiger partial charge is 0.123 e. The van der Waals surface area contributed by atoms with Gasteiger partial charge in [0, 0.05) is 12.1 Å². The maximum Gasteiger partial charge on any atom is 0.123 e. The lowest BCUT2D eigenvalue weighted by Gasteiger charge is -2.24. The van der Waals surface area contributed by atoms with Crippen molar-refractivity contribution in [2.75, 3.05) is 21.3 Å². The fraction of sp³-hybridized carbons (Fsp3) is 0.316. The van der Waals surface area contributed by atoms with Crippen molar-refractivity contribution in [2.24, 2.45) is 0 Å². The van der Waals surface area contributed by atoms with E-state index in [9.17, 15) is 0 Å².